The molecule has 0 amide bonds. The second kappa shape index (κ2) is 9.38. The van der Waals surface area contributed by atoms with Crippen LogP contribution in [0.1, 0.15) is 56.8 Å². The van der Waals surface area contributed by atoms with Gasteiger partial charge in [-0.2, -0.15) is 0 Å². The van der Waals surface area contributed by atoms with Crippen molar-refractivity contribution < 1.29 is 19.1 Å². The maximum absolute atomic E-state index is 11.8. The first-order valence-corrected chi connectivity index (χ1v) is 8.67. The van der Waals surface area contributed by atoms with Crippen molar-refractivity contribution in [2.45, 2.75) is 45.6 Å². The zero-order chi connectivity index (χ0) is 17.4. The SMILES string of the molecule is CCOC(=O)C(C/C=C/c1ccc(C2CCCCO2)cc1)C(C)=O. The molecule has 24 heavy (non-hydrogen) atoms. The third-order valence-corrected chi connectivity index (χ3v) is 4.23. The zero-order valence-electron chi connectivity index (χ0n) is 14.5. The first-order valence-electron chi connectivity index (χ1n) is 8.67. The van der Waals surface area contributed by atoms with E-state index in [2.05, 4.69) is 12.1 Å². The summed E-state index contributed by atoms with van der Waals surface area (Å²) in [6.45, 7) is 4.29. The lowest BCUT2D eigenvalue weighted by atomic mass is 9.99. The van der Waals surface area contributed by atoms with Crippen LogP contribution in [0.15, 0.2) is 30.3 Å². The molecule has 1 heterocycles. The van der Waals surface area contributed by atoms with Crippen LogP contribution in [-0.4, -0.2) is 25.0 Å². The Bertz CT molecular complexity index is 568. The summed E-state index contributed by atoms with van der Waals surface area (Å²) in [4.78, 5) is 23.3. The first-order chi connectivity index (χ1) is 11.6. The molecule has 2 rings (SSSR count). The van der Waals surface area contributed by atoms with Gasteiger partial charge in [0.15, 0.2) is 0 Å². The van der Waals surface area contributed by atoms with Crippen molar-refractivity contribution in [1.82, 2.24) is 0 Å². The molecule has 1 aromatic rings. The lowest BCUT2D eigenvalue weighted by molar-refractivity contribution is -0.150. The molecule has 1 aromatic carbocycles. The average Bonchev–Trinajstić information content (AvgIpc) is 2.60. The molecule has 4 nitrogen and oxygen atoms in total. The van der Waals surface area contributed by atoms with Crippen molar-refractivity contribution in [3.05, 3.63) is 41.5 Å². The molecular weight excluding hydrogens is 304 g/mol. The molecule has 2 unspecified atom stereocenters. The van der Waals surface area contributed by atoms with Gasteiger partial charge in [-0.15, -0.1) is 0 Å². The van der Waals surface area contributed by atoms with E-state index in [4.69, 9.17) is 9.47 Å². The maximum Gasteiger partial charge on any atom is 0.316 e. The third kappa shape index (κ3) is 5.31. The van der Waals surface area contributed by atoms with Crippen LogP contribution in [0.3, 0.4) is 0 Å². The summed E-state index contributed by atoms with van der Waals surface area (Å²) in [5.41, 5.74) is 2.25. The Labute approximate surface area is 143 Å². The van der Waals surface area contributed by atoms with Gasteiger partial charge in [0.05, 0.1) is 12.7 Å². The molecular formula is C20H26O4. The highest BCUT2D eigenvalue weighted by molar-refractivity contribution is 5.97. The van der Waals surface area contributed by atoms with Crippen LogP contribution in [0, 0.1) is 5.92 Å². The number of ether oxygens (including phenoxy) is 2. The highest BCUT2D eigenvalue weighted by Crippen LogP contribution is 2.28. The van der Waals surface area contributed by atoms with Crippen LogP contribution >= 0.6 is 0 Å². The number of rotatable bonds is 7. The van der Waals surface area contributed by atoms with E-state index in [1.165, 1.54) is 18.9 Å². The summed E-state index contributed by atoms with van der Waals surface area (Å²) < 4.78 is 10.7. The summed E-state index contributed by atoms with van der Waals surface area (Å²) in [5.74, 6) is -1.32. The molecule has 0 bridgehead atoms. The predicted molar refractivity (Wildman–Crippen MR) is 93.4 cm³/mol. The van der Waals surface area contributed by atoms with Gasteiger partial charge in [-0.25, -0.2) is 0 Å². The van der Waals surface area contributed by atoms with Gasteiger partial charge in [0.1, 0.15) is 11.7 Å². The fourth-order valence-corrected chi connectivity index (χ4v) is 2.84. The minimum Gasteiger partial charge on any atom is -0.465 e. The van der Waals surface area contributed by atoms with Gasteiger partial charge in [-0.1, -0.05) is 36.4 Å². The van der Waals surface area contributed by atoms with E-state index >= 15 is 0 Å². The first kappa shape index (κ1) is 18.4. The summed E-state index contributed by atoms with van der Waals surface area (Å²) in [6.07, 6.45) is 7.80. The van der Waals surface area contributed by atoms with E-state index in [9.17, 15) is 9.59 Å². The Morgan fingerprint density at radius 2 is 2.04 bits per heavy atom. The molecule has 1 aliphatic heterocycles. The molecule has 130 valence electrons. The summed E-state index contributed by atoms with van der Waals surface area (Å²) >= 11 is 0. The molecule has 4 heteroatoms. The van der Waals surface area contributed by atoms with Crippen molar-refractivity contribution in [2.75, 3.05) is 13.2 Å². The molecule has 0 spiro atoms. The van der Waals surface area contributed by atoms with Crippen LogP contribution in [0.2, 0.25) is 0 Å². The van der Waals surface area contributed by atoms with Crippen LogP contribution in [-0.2, 0) is 19.1 Å². The minimum atomic E-state index is -0.712. The molecule has 0 saturated carbocycles. The van der Waals surface area contributed by atoms with Crippen molar-refractivity contribution in [1.29, 1.82) is 0 Å². The van der Waals surface area contributed by atoms with Gasteiger partial charge >= 0.3 is 5.97 Å². The molecule has 1 aliphatic rings. The Morgan fingerprint density at radius 1 is 1.29 bits per heavy atom. The van der Waals surface area contributed by atoms with Crippen molar-refractivity contribution in [3.8, 4) is 0 Å². The molecule has 1 fully saturated rings. The van der Waals surface area contributed by atoms with E-state index in [-0.39, 0.29) is 18.5 Å². The van der Waals surface area contributed by atoms with Gasteiger partial charge in [-0.05, 0) is 50.7 Å². The molecule has 0 radical (unpaired) electrons. The Hall–Kier alpha value is -1.94. The maximum atomic E-state index is 11.8. The quantitative estimate of drug-likeness (QED) is 0.558. The highest BCUT2D eigenvalue weighted by atomic mass is 16.5. The average molecular weight is 330 g/mol. The smallest absolute Gasteiger partial charge is 0.316 e. The predicted octanol–water partition coefficient (Wildman–Crippen LogP) is 4.10. The number of ketones is 1. The summed E-state index contributed by atoms with van der Waals surface area (Å²) in [7, 11) is 0. The monoisotopic (exact) mass is 330 g/mol. The fraction of sp³-hybridized carbons (Fsp3) is 0.500. The van der Waals surface area contributed by atoms with Gasteiger partial charge in [0.25, 0.3) is 0 Å². The summed E-state index contributed by atoms with van der Waals surface area (Å²) in [5, 5.41) is 0. The number of allylic oxidation sites excluding steroid dienone is 1. The number of Topliss-reactive ketones (excluding diaryl/α,β-unsaturated/α-hetero) is 1. The molecule has 2 atom stereocenters. The van der Waals surface area contributed by atoms with Crippen molar-refractivity contribution >= 4 is 17.8 Å². The molecule has 1 saturated heterocycles. The van der Waals surface area contributed by atoms with E-state index in [1.54, 1.807) is 6.92 Å². The molecule has 0 aromatic heterocycles. The lowest BCUT2D eigenvalue weighted by Crippen LogP contribution is -2.23. The number of benzene rings is 1. The number of hydrogen-bond acceptors (Lipinski definition) is 4. The normalized spacial score (nSPS) is 19.2. The van der Waals surface area contributed by atoms with Crippen LogP contribution in [0.4, 0.5) is 0 Å². The molecule has 0 N–H and O–H groups in total. The van der Waals surface area contributed by atoms with Crippen LogP contribution < -0.4 is 0 Å². The number of carbonyl (C=O) groups is 2. The fourth-order valence-electron chi connectivity index (χ4n) is 2.84. The van der Waals surface area contributed by atoms with Crippen molar-refractivity contribution in [2.24, 2.45) is 5.92 Å². The highest BCUT2D eigenvalue weighted by Gasteiger charge is 2.23. The number of carbonyl (C=O) groups excluding carboxylic acids is 2. The van der Waals surface area contributed by atoms with Crippen molar-refractivity contribution in [3.63, 3.8) is 0 Å². The minimum absolute atomic E-state index is 0.164. The molecule has 0 aliphatic carbocycles. The Balaban J connectivity index is 1.93. The van der Waals surface area contributed by atoms with Gasteiger partial charge in [0, 0.05) is 6.61 Å². The number of esters is 1. The second-order valence-electron chi connectivity index (χ2n) is 6.08. The summed E-state index contributed by atoms with van der Waals surface area (Å²) in [6, 6.07) is 8.25. The van der Waals surface area contributed by atoms with Gasteiger partial charge in [0.2, 0.25) is 0 Å². The Morgan fingerprint density at radius 3 is 2.62 bits per heavy atom. The zero-order valence-corrected chi connectivity index (χ0v) is 14.5. The standard InChI is InChI=1S/C20H26O4/c1-3-23-20(22)18(15(2)21)8-6-7-16-10-12-17(13-11-16)19-9-4-5-14-24-19/h6-7,10-13,18-19H,3-5,8-9,14H2,1-2H3/b7-6+. The largest absolute Gasteiger partial charge is 0.465 e. The Kier molecular flexibility index (Phi) is 7.19. The van der Waals surface area contributed by atoms with E-state index in [0.717, 1.165) is 25.0 Å². The van der Waals surface area contributed by atoms with E-state index < -0.39 is 11.9 Å². The van der Waals surface area contributed by atoms with Gasteiger partial charge < -0.3 is 9.47 Å². The van der Waals surface area contributed by atoms with E-state index in [0.29, 0.717) is 6.42 Å². The lowest BCUT2D eigenvalue weighted by Gasteiger charge is -2.22. The van der Waals surface area contributed by atoms with E-state index in [1.807, 2.05) is 24.3 Å². The second-order valence-corrected chi connectivity index (χ2v) is 6.08. The number of hydrogen-bond donors (Lipinski definition) is 0. The van der Waals surface area contributed by atoms with Gasteiger partial charge in [-0.3, -0.25) is 9.59 Å². The van der Waals surface area contributed by atoms with Crippen LogP contribution in [0.25, 0.3) is 6.08 Å². The third-order valence-electron chi connectivity index (χ3n) is 4.23. The van der Waals surface area contributed by atoms with Crippen LogP contribution in [0.5, 0.6) is 0 Å². The topological polar surface area (TPSA) is 52.6 Å².